The molecule has 0 aliphatic rings. The minimum atomic E-state index is -0.362. The van der Waals surface area contributed by atoms with Crippen molar-refractivity contribution in [2.24, 2.45) is 5.84 Å². The normalized spacial score (nSPS) is 12.2. The number of nitrogens with two attached hydrogens (primary N) is 1. The van der Waals surface area contributed by atoms with Gasteiger partial charge >= 0.3 is 0 Å². The van der Waals surface area contributed by atoms with E-state index in [-0.39, 0.29) is 17.6 Å². The van der Waals surface area contributed by atoms with Crippen LogP contribution < -0.4 is 16.0 Å². The van der Waals surface area contributed by atoms with Crippen LogP contribution >= 0.6 is 11.6 Å². The summed E-state index contributed by atoms with van der Waals surface area (Å²) in [6.45, 7) is 1.95. The molecule has 0 fully saturated rings. The first-order chi connectivity index (χ1) is 10.0. The van der Waals surface area contributed by atoms with Gasteiger partial charge in [-0.05, 0) is 48.2 Å². The van der Waals surface area contributed by atoms with Gasteiger partial charge in [0.05, 0.1) is 13.2 Å². The van der Waals surface area contributed by atoms with Crippen LogP contribution in [0.25, 0.3) is 0 Å². The van der Waals surface area contributed by atoms with Crippen molar-refractivity contribution < 1.29 is 9.13 Å². The van der Waals surface area contributed by atoms with Crippen molar-refractivity contribution in [3.8, 4) is 5.75 Å². The highest BCUT2D eigenvalue weighted by atomic mass is 35.5. The van der Waals surface area contributed by atoms with E-state index in [0.29, 0.717) is 17.0 Å². The van der Waals surface area contributed by atoms with Crippen LogP contribution in [0.15, 0.2) is 36.4 Å². The molecule has 2 rings (SSSR count). The van der Waals surface area contributed by atoms with Gasteiger partial charge in [-0.2, -0.15) is 0 Å². The molecular formula is C16H18ClFN2O. The number of nitrogens with one attached hydrogen (secondary N) is 1. The van der Waals surface area contributed by atoms with E-state index in [1.54, 1.807) is 18.2 Å². The standard InChI is InChI=1S/C16H18ClFN2O/c1-10-6-12(8-13(17)7-10)14(20-19)9-11-4-3-5-15(21-2)16(11)18/h3-8,14,20H,9,19H2,1-2H3. The minimum absolute atomic E-state index is 0.227. The van der Waals surface area contributed by atoms with Gasteiger partial charge < -0.3 is 4.74 Å². The first kappa shape index (κ1) is 15.8. The SMILES string of the molecule is COc1cccc(CC(NN)c2cc(C)cc(Cl)c2)c1F. The van der Waals surface area contributed by atoms with Gasteiger partial charge in [0.1, 0.15) is 0 Å². The lowest BCUT2D eigenvalue weighted by Crippen LogP contribution is -2.30. The van der Waals surface area contributed by atoms with E-state index in [2.05, 4.69) is 5.43 Å². The molecule has 5 heteroatoms. The van der Waals surface area contributed by atoms with E-state index in [9.17, 15) is 4.39 Å². The third kappa shape index (κ3) is 3.73. The molecule has 1 atom stereocenters. The topological polar surface area (TPSA) is 47.3 Å². The molecule has 0 saturated heterocycles. The average Bonchev–Trinajstić information content (AvgIpc) is 2.45. The molecule has 0 radical (unpaired) electrons. The Morgan fingerprint density at radius 3 is 2.71 bits per heavy atom. The highest BCUT2D eigenvalue weighted by Gasteiger charge is 2.16. The summed E-state index contributed by atoms with van der Waals surface area (Å²) in [4.78, 5) is 0. The number of benzene rings is 2. The molecular weight excluding hydrogens is 291 g/mol. The summed E-state index contributed by atoms with van der Waals surface area (Å²) in [6.07, 6.45) is 0.402. The largest absolute Gasteiger partial charge is 0.494 e. The lowest BCUT2D eigenvalue weighted by Gasteiger charge is -2.18. The molecule has 1 unspecified atom stereocenters. The monoisotopic (exact) mass is 308 g/mol. The van der Waals surface area contributed by atoms with Crippen LogP contribution in [-0.2, 0) is 6.42 Å². The first-order valence-electron chi connectivity index (χ1n) is 6.59. The van der Waals surface area contributed by atoms with Gasteiger partial charge in [0.2, 0.25) is 0 Å². The van der Waals surface area contributed by atoms with Crippen LogP contribution in [0.1, 0.15) is 22.7 Å². The molecule has 3 N–H and O–H groups in total. The summed E-state index contributed by atoms with van der Waals surface area (Å²) in [6, 6.07) is 10.5. The number of hydrazine groups is 1. The Kier molecular flexibility index (Phi) is 5.17. The van der Waals surface area contributed by atoms with Gasteiger partial charge in [0, 0.05) is 5.02 Å². The number of ether oxygens (including phenoxy) is 1. The van der Waals surface area contributed by atoms with Crippen molar-refractivity contribution in [1.82, 2.24) is 5.43 Å². The van der Waals surface area contributed by atoms with Crippen LogP contribution in [0.2, 0.25) is 5.02 Å². The van der Waals surface area contributed by atoms with Crippen molar-refractivity contribution in [3.63, 3.8) is 0 Å². The number of hydrogen-bond donors (Lipinski definition) is 2. The Bertz CT molecular complexity index is 613. The van der Waals surface area contributed by atoms with Crippen LogP contribution in [0, 0.1) is 12.7 Å². The first-order valence-corrected chi connectivity index (χ1v) is 6.97. The van der Waals surface area contributed by atoms with Gasteiger partial charge in [-0.1, -0.05) is 29.8 Å². The fraction of sp³-hybridized carbons (Fsp3) is 0.250. The summed E-state index contributed by atoms with van der Waals surface area (Å²) in [5, 5.41) is 0.636. The van der Waals surface area contributed by atoms with Crippen molar-refractivity contribution >= 4 is 11.6 Å². The Morgan fingerprint density at radius 2 is 2.10 bits per heavy atom. The number of halogens is 2. The quantitative estimate of drug-likeness (QED) is 0.656. The second kappa shape index (κ2) is 6.89. The van der Waals surface area contributed by atoms with E-state index >= 15 is 0 Å². The number of rotatable bonds is 5. The van der Waals surface area contributed by atoms with Gasteiger partial charge in [0.25, 0.3) is 0 Å². The van der Waals surface area contributed by atoms with E-state index in [1.807, 2.05) is 25.1 Å². The second-order valence-electron chi connectivity index (χ2n) is 4.92. The zero-order chi connectivity index (χ0) is 15.4. The number of hydrogen-bond acceptors (Lipinski definition) is 3. The maximum absolute atomic E-state index is 14.2. The molecule has 21 heavy (non-hydrogen) atoms. The van der Waals surface area contributed by atoms with Crippen LogP contribution in [-0.4, -0.2) is 7.11 Å². The molecule has 0 amide bonds. The average molecular weight is 309 g/mol. The molecule has 0 bridgehead atoms. The summed E-state index contributed by atoms with van der Waals surface area (Å²) in [5.74, 6) is 5.49. The summed E-state index contributed by atoms with van der Waals surface area (Å²) in [7, 11) is 1.45. The van der Waals surface area contributed by atoms with Gasteiger partial charge in [-0.3, -0.25) is 11.3 Å². The fourth-order valence-electron chi connectivity index (χ4n) is 2.33. The highest BCUT2D eigenvalue weighted by Crippen LogP contribution is 2.26. The molecule has 2 aromatic carbocycles. The smallest absolute Gasteiger partial charge is 0.168 e. The van der Waals surface area contributed by atoms with Crippen LogP contribution in [0.3, 0.4) is 0 Å². The third-order valence-electron chi connectivity index (χ3n) is 3.36. The predicted molar refractivity (Wildman–Crippen MR) is 82.9 cm³/mol. The summed E-state index contributed by atoms with van der Waals surface area (Å²) in [5.41, 5.74) is 5.21. The van der Waals surface area contributed by atoms with E-state index < -0.39 is 0 Å². The minimum Gasteiger partial charge on any atom is -0.494 e. The van der Waals surface area contributed by atoms with Crippen molar-refractivity contribution in [3.05, 3.63) is 63.9 Å². The van der Waals surface area contributed by atoms with Crippen molar-refractivity contribution in [2.45, 2.75) is 19.4 Å². The highest BCUT2D eigenvalue weighted by molar-refractivity contribution is 6.30. The molecule has 0 aromatic heterocycles. The molecule has 2 aromatic rings. The maximum Gasteiger partial charge on any atom is 0.168 e. The van der Waals surface area contributed by atoms with E-state index in [0.717, 1.165) is 11.1 Å². The number of aryl methyl sites for hydroxylation is 1. The molecule has 0 spiro atoms. The summed E-state index contributed by atoms with van der Waals surface area (Å²) >= 11 is 6.07. The van der Waals surface area contributed by atoms with Crippen LogP contribution in [0.5, 0.6) is 5.75 Å². The van der Waals surface area contributed by atoms with E-state index in [1.165, 1.54) is 7.11 Å². The second-order valence-corrected chi connectivity index (χ2v) is 5.36. The zero-order valence-electron chi connectivity index (χ0n) is 12.0. The van der Waals surface area contributed by atoms with Gasteiger partial charge in [-0.15, -0.1) is 0 Å². The molecule has 0 aliphatic carbocycles. The molecule has 112 valence electrons. The maximum atomic E-state index is 14.2. The van der Waals surface area contributed by atoms with E-state index in [4.69, 9.17) is 22.2 Å². The van der Waals surface area contributed by atoms with Crippen molar-refractivity contribution in [1.29, 1.82) is 0 Å². The Balaban J connectivity index is 2.31. The molecule has 0 saturated carbocycles. The third-order valence-corrected chi connectivity index (χ3v) is 3.57. The Morgan fingerprint density at radius 1 is 1.33 bits per heavy atom. The predicted octanol–water partition coefficient (Wildman–Crippen LogP) is 3.54. The lowest BCUT2D eigenvalue weighted by molar-refractivity contribution is 0.382. The van der Waals surface area contributed by atoms with Crippen molar-refractivity contribution in [2.75, 3.05) is 7.11 Å². The lowest BCUT2D eigenvalue weighted by atomic mass is 9.97. The Hall–Kier alpha value is -1.62. The van der Waals surface area contributed by atoms with Gasteiger partial charge in [0.15, 0.2) is 11.6 Å². The molecule has 0 heterocycles. The Labute approximate surface area is 128 Å². The fourth-order valence-corrected chi connectivity index (χ4v) is 2.63. The molecule has 3 nitrogen and oxygen atoms in total. The summed E-state index contributed by atoms with van der Waals surface area (Å²) < 4.78 is 19.2. The molecule has 0 aliphatic heterocycles. The van der Waals surface area contributed by atoms with Crippen LogP contribution in [0.4, 0.5) is 4.39 Å². The van der Waals surface area contributed by atoms with Gasteiger partial charge in [-0.25, -0.2) is 4.39 Å². The number of methoxy groups -OCH3 is 1. The zero-order valence-corrected chi connectivity index (χ0v) is 12.7.